The molecule has 1 saturated carbocycles. The van der Waals surface area contributed by atoms with Gasteiger partial charge in [-0.2, -0.15) is 0 Å². The molecule has 1 heterocycles. The lowest BCUT2D eigenvalue weighted by molar-refractivity contribution is -0.120. The third kappa shape index (κ3) is 1.67. The van der Waals surface area contributed by atoms with E-state index < -0.39 is 0 Å². The lowest BCUT2D eigenvalue weighted by atomic mass is 9.71. The van der Waals surface area contributed by atoms with Crippen molar-refractivity contribution in [1.82, 2.24) is 5.32 Å². The van der Waals surface area contributed by atoms with E-state index in [2.05, 4.69) is 19.2 Å². The highest BCUT2D eigenvalue weighted by Gasteiger charge is 2.42. The van der Waals surface area contributed by atoms with E-state index in [0.717, 1.165) is 18.8 Å². The normalized spacial score (nSPS) is 33.2. The summed E-state index contributed by atoms with van der Waals surface area (Å²) in [6, 6.07) is 0. The smallest absolute Gasteiger partial charge is 0.220 e. The molecule has 1 unspecified atom stereocenters. The first kappa shape index (κ1) is 10.0. The second-order valence-corrected chi connectivity index (χ2v) is 5.36. The van der Waals surface area contributed by atoms with Crippen LogP contribution in [0.15, 0.2) is 0 Å². The van der Waals surface area contributed by atoms with Crippen molar-refractivity contribution in [3.63, 3.8) is 0 Å². The molecule has 2 aliphatic rings. The van der Waals surface area contributed by atoms with Crippen LogP contribution in [0.1, 0.15) is 52.4 Å². The number of hydrogen-bond donors (Lipinski definition) is 1. The first-order chi connectivity index (χ1) is 6.62. The first-order valence-corrected chi connectivity index (χ1v) is 5.93. The maximum absolute atomic E-state index is 11.3. The molecule has 0 aromatic rings. The Kier molecular flexibility index (Phi) is 2.54. The predicted octanol–water partition coefficient (Wildman–Crippen LogP) is 2.48. The lowest BCUT2D eigenvalue weighted by Crippen LogP contribution is -2.48. The van der Waals surface area contributed by atoms with E-state index in [1.807, 2.05) is 0 Å². The van der Waals surface area contributed by atoms with E-state index in [9.17, 15) is 4.79 Å². The molecule has 2 fully saturated rings. The molecule has 2 rings (SSSR count). The highest BCUT2D eigenvalue weighted by molar-refractivity contribution is 5.79. The topological polar surface area (TPSA) is 29.1 Å². The molecule has 1 aliphatic heterocycles. The van der Waals surface area contributed by atoms with E-state index in [1.165, 1.54) is 25.7 Å². The Balaban J connectivity index is 2.02. The third-order valence-corrected chi connectivity index (χ3v) is 4.17. The first-order valence-electron chi connectivity index (χ1n) is 5.93. The van der Waals surface area contributed by atoms with Crippen LogP contribution in [0.2, 0.25) is 0 Å². The van der Waals surface area contributed by atoms with Gasteiger partial charge < -0.3 is 5.32 Å². The Morgan fingerprint density at radius 1 is 1.50 bits per heavy atom. The number of hydrogen-bond acceptors (Lipinski definition) is 1. The SMILES string of the molecule is CC(C)C1(CC2CCC2)CCC(=O)N1. The minimum Gasteiger partial charge on any atom is -0.350 e. The highest BCUT2D eigenvalue weighted by Crippen LogP contribution is 2.40. The van der Waals surface area contributed by atoms with E-state index in [4.69, 9.17) is 0 Å². The van der Waals surface area contributed by atoms with Gasteiger partial charge in [-0.3, -0.25) is 4.79 Å². The molecular formula is C12H21NO. The zero-order valence-electron chi connectivity index (χ0n) is 9.31. The maximum atomic E-state index is 11.3. The van der Waals surface area contributed by atoms with Crippen molar-refractivity contribution in [1.29, 1.82) is 0 Å². The minimum absolute atomic E-state index is 0.141. The van der Waals surface area contributed by atoms with Crippen LogP contribution in [-0.4, -0.2) is 11.4 Å². The van der Waals surface area contributed by atoms with Gasteiger partial charge in [-0.05, 0) is 24.7 Å². The van der Waals surface area contributed by atoms with Gasteiger partial charge in [-0.1, -0.05) is 33.1 Å². The fourth-order valence-electron chi connectivity index (χ4n) is 2.77. The molecular weight excluding hydrogens is 174 g/mol. The molecule has 80 valence electrons. The van der Waals surface area contributed by atoms with Gasteiger partial charge in [0.05, 0.1) is 0 Å². The monoisotopic (exact) mass is 195 g/mol. The van der Waals surface area contributed by atoms with Crippen LogP contribution in [-0.2, 0) is 4.79 Å². The molecule has 0 radical (unpaired) electrons. The Labute approximate surface area is 86.5 Å². The summed E-state index contributed by atoms with van der Waals surface area (Å²) in [7, 11) is 0. The van der Waals surface area contributed by atoms with E-state index in [1.54, 1.807) is 0 Å². The van der Waals surface area contributed by atoms with Gasteiger partial charge >= 0.3 is 0 Å². The second kappa shape index (κ2) is 3.56. The van der Waals surface area contributed by atoms with Crippen LogP contribution in [0, 0.1) is 11.8 Å². The number of carbonyl (C=O) groups excluding carboxylic acids is 1. The summed E-state index contributed by atoms with van der Waals surface area (Å²) < 4.78 is 0. The van der Waals surface area contributed by atoms with Gasteiger partial charge in [0, 0.05) is 12.0 Å². The van der Waals surface area contributed by atoms with Gasteiger partial charge in [-0.15, -0.1) is 0 Å². The summed E-state index contributed by atoms with van der Waals surface area (Å²) in [4.78, 5) is 11.3. The molecule has 0 spiro atoms. The Morgan fingerprint density at radius 2 is 2.21 bits per heavy atom. The van der Waals surface area contributed by atoms with Crippen LogP contribution in [0.5, 0.6) is 0 Å². The Bertz CT molecular complexity index is 232. The van der Waals surface area contributed by atoms with Crippen LogP contribution < -0.4 is 5.32 Å². The fraction of sp³-hybridized carbons (Fsp3) is 0.917. The van der Waals surface area contributed by atoms with Gasteiger partial charge in [-0.25, -0.2) is 0 Å². The lowest BCUT2D eigenvalue weighted by Gasteiger charge is -2.39. The van der Waals surface area contributed by atoms with Crippen molar-refractivity contribution >= 4 is 5.91 Å². The van der Waals surface area contributed by atoms with E-state index in [-0.39, 0.29) is 11.4 Å². The molecule has 1 N–H and O–H groups in total. The largest absolute Gasteiger partial charge is 0.350 e. The zero-order chi connectivity index (χ0) is 10.2. The second-order valence-electron chi connectivity index (χ2n) is 5.36. The predicted molar refractivity (Wildman–Crippen MR) is 56.9 cm³/mol. The summed E-state index contributed by atoms with van der Waals surface area (Å²) in [5.41, 5.74) is 0.141. The van der Waals surface area contributed by atoms with Crippen LogP contribution in [0.3, 0.4) is 0 Å². The van der Waals surface area contributed by atoms with Gasteiger partial charge in [0.15, 0.2) is 0 Å². The van der Waals surface area contributed by atoms with Gasteiger partial charge in [0.2, 0.25) is 5.91 Å². The quantitative estimate of drug-likeness (QED) is 0.736. The van der Waals surface area contributed by atoms with Crippen LogP contribution in [0.4, 0.5) is 0 Å². The summed E-state index contributed by atoms with van der Waals surface area (Å²) in [6.45, 7) is 4.48. The number of rotatable bonds is 3. The van der Waals surface area contributed by atoms with Crippen molar-refractivity contribution in [2.24, 2.45) is 11.8 Å². The standard InChI is InChI=1S/C12H21NO/c1-9(2)12(7-6-11(14)13-12)8-10-4-3-5-10/h9-10H,3-8H2,1-2H3,(H,13,14). The van der Waals surface area contributed by atoms with E-state index in [0.29, 0.717) is 5.92 Å². The fourth-order valence-corrected chi connectivity index (χ4v) is 2.77. The molecule has 1 aliphatic carbocycles. The number of carbonyl (C=O) groups is 1. The van der Waals surface area contributed by atoms with E-state index >= 15 is 0 Å². The third-order valence-electron chi connectivity index (χ3n) is 4.17. The molecule has 0 aromatic heterocycles. The summed E-state index contributed by atoms with van der Waals surface area (Å²) in [5, 5.41) is 3.23. The molecule has 1 saturated heterocycles. The van der Waals surface area contributed by atoms with Gasteiger partial charge in [0.1, 0.15) is 0 Å². The maximum Gasteiger partial charge on any atom is 0.220 e. The van der Waals surface area contributed by atoms with Crippen molar-refractivity contribution in [3.8, 4) is 0 Å². The minimum atomic E-state index is 0.141. The van der Waals surface area contributed by atoms with Gasteiger partial charge in [0.25, 0.3) is 0 Å². The van der Waals surface area contributed by atoms with Crippen LogP contribution in [0.25, 0.3) is 0 Å². The summed E-state index contributed by atoms with van der Waals surface area (Å²) in [6.07, 6.45) is 7.17. The average molecular weight is 195 g/mol. The van der Waals surface area contributed by atoms with Crippen molar-refractivity contribution in [2.75, 3.05) is 0 Å². The summed E-state index contributed by atoms with van der Waals surface area (Å²) >= 11 is 0. The summed E-state index contributed by atoms with van der Waals surface area (Å²) in [5.74, 6) is 1.73. The van der Waals surface area contributed by atoms with Crippen molar-refractivity contribution in [3.05, 3.63) is 0 Å². The molecule has 0 aromatic carbocycles. The zero-order valence-corrected chi connectivity index (χ0v) is 9.31. The molecule has 1 amide bonds. The Morgan fingerprint density at radius 3 is 2.57 bits per heavy atom. The average Bonchev–Trinajstić information content (AvgIpc) is 2.42. The highest BCUT2D eigenvalue weighted by atomic mass is 16.2. The molecule has 14 heavy (non-hydrogen) atoms. The number of nitrogens with one attached hydrogen (secondary N) is 1. The number of amides is 1. The van der Waals surface area contributed by atoms with Crippen molar-refractivity contribution < 1.29 is 4.79 Å². The molecule has 2 nitrogen and oxygen atoms in total. The van der Waals surface area contributed by atoms with Crippen LogP contribution >= 0.6 is 0 Å². The molecule has 0 bridgehead atoms. The molecule has 1 atom stereocenters. The molecule has 2 heteroatoms. The van der Waals surface area contributed by atoms with Crippen molar-refractivity contribution in [2.45, 2.75) is 57.9 Å². The Hall–Kier alpha value is -0.530.